The number of carbonyl (C=O) groups is 1. The quantitative estimate of drug-likeness (QED) is 0.331. The van der Waals surface area contributed by atoms with Crippen LogP contribution in [0.2, 0.25) is 0 Å². The molecule has 28 heavy (non-hydrogen) atoms. The highest BCUT2D eigenvalue weighted by Gasteiger charge is 2.36. The van der Waals surface area contributed by atoms with E-state index < -0.39 is 11.9 Å². The second-order valence-electron chi connectivity index (χ2n) is 6.84. The highest BCUT2D eigenvalue weighted by Crippen LogP contribution is 2.40. The molecular weight excluding hydrogens is 374 g/mol. The van der Waals surface area contributed by atoms with Crippen LogP contribution in [-0.4, -0.2) is 28.8 Å². The number of nitrogens with one attached hydrogen (secondary N) is 2. The number of methoxy groups -OCH3 is 1. The molecule has 0 radical (unpaired) electrons. The van der Waals surface area contributed by atoms with Gasteiger partial charge in [-0.15, -0.1) is 0 Å². The van der Waals surface area contributed by atoms with E-state index >= 15 is 0 Å². The Morgan fingerprint density at radius 1 is 1.32 bits per heavy atom. The van der Waals surface area contributed by atoms with Gasteiger partial charge in [-0.25, -0.2) is 9.78 Å². The molecule has 1 aliphatic heterocycles. The maximum atomic E-state index is 13.0. The number of anilines is 1. The van der Waals surface area contributed by atoms with Crippen molar-refractivity contribution in [2.45, 2.75) is 44.7 Å². The Balaban J connectivity index is 2.15. The Kier molecular flexibility index (Phi) is 6.24. The van der Waals surface area contributed by atoms with E-state index in [4.69, 9.17) is 4.74 Å². The number of H-pyrrole nitrogens is 1. The number of unbranched alkanes of at least 4 members (excludes halogenated alkanes) is 1. The standard InChI is InChI=1S/C21H25N3O3S/c1-5-6-10-28-21-23-18-17(19(25)24-21)16(14-9-7-8-12(2)11-14)15(13(3)22-18)20(26)27-4/h7-9,11,16H,5-6,10H2,1-4H3,(H2,22,23,24,25). The first-order valence-corrected chi connectivity index (χ1v) is 10.3. The van der Waals surface area contributed by atoms with Crippen LogP contribution < -0.4 is 10.9 Å². The number of hydrogen-bond donors (Lipinski definition) is 2. The zero-order valence-electron chi connectivity index (χ0n) is 16.6. The van der Waals surface area contributed by atoms with Gasteiger partial charge in [0.2, 0.25) is 0 Å². The molecule has 2 N–H and O–H groups in total. The molecule has 1 aromatic carbocycles. The third-order valence-corrected chi connectivity index (χ3v) is 5.70. The van der Waals surface area contributed by atoms with Crippen molar-refractivity contribution in [3.05, 3.63) is 62.6 Å². The topological polar surface area (TPSA) is 84.1 Å². The fraction of sp³-hybridized carbons (Fsp3) is 0.381. The average molecular weight is 400 g/mol. The van der Waals surface area contributed by atoms with Gasteiger partial charge in [0.1, 0.15) is 5.82 Å². The number of aromatic amines is 1. The van der Waals surface area contributed by atoms with E-state index in [1.165, 1.54) is 18.9 Å². The molecule has 0 bridgehead atoms. The number of rotatable bonds is 6. The number of carbonyl (C=O) groups excluding carboxylic acids is 1. The number of benzene rings is 1. The molecule has 0 aliphatic carbocycles. The maximum absolute atomic E-state index is 13.0. The lowest BCUT2D eigenvalue weighted by molar-refractivity contribution is -0.136. The first kappa shape index (κ1) is 20.2. The van der Waals surface area contributed by atoms with Gasteiger partial charge in [-0.1, -0.05) is 54.9 Å². The molecule has 1 aliphatic rings. The van der Waals surface area contributed by atoms with E-state index in [2.05, 4.69) is 22.2 Å². The van der Waals surface area contributed by atoms with Crippen molar-refractivity contribution in [1.82, 2.24) is 9.97 Å². The lowest BCUT2D eigenvalue weighted by Crippen LogP contribution is -2.31. The zero-order valence-corrected chi connectivity index (χ0v) is 17.4. The van der Waals surface area contributed by atoms with Crippen LogP contribution in [-0.2, 0) is 9.53 Å². The molecule has 0 spiro atoms. The first-order chi connectivity index (χ1) is 13.5. The summed E-state index contributed by atoms with van der Waals surface area (Å²) in [6, 6.07) is 7.81. The second kappa shape index (κ2) is 8.65. The van der Waals surface area contributed by atoms with Crippen LogP contribution in [0.25, 0.3) is 0 Å². The van der Waals surface area contributed by atoms with Gasteiger partial charge in [0, 0.05) is 11.4 Å². The third-order valence-electron chi connectivity index (χ3n) is 4.74. The SMILES string of the molecule is CCCCSc1nc2c(c(=O)[nH]1)C(c1cccc(C)c1)C(C(=O)OC)=C(C)N2. The number of ether oxygens (including phenoxy) is 1. The number of hydrogen-bond acceptors (Lipinski definition) is 6. The van der Waals surface area contributed by atoms with Crippen molar-refractivity contribution in [2.24, 2.45) is 0 Å². The molecule has 148 valence electrons. The highest BCUT2D eigenvalue weighted by molar-refractivity contribution is 7.99. The van der Waals surface area contributed by atoms with Gasteiger partial charge in [-0.3, -0.25) is 4.79 Å². The minimum absolute atomic E-state index is 0.239. The summed E-state index contributed by atoms with van der Waals surface area (Å²) < 4.78 is 5.01. The number of aryl methyl sites for hydroxylation is 1. The molecule has 1 aromatic heterocycles. The number of thioether (sulfide) groups is 1. The van der Waals surface area contributed by atoms with Crippen molar-refractivity contribution in [1.29, 1.82) is 0 Å². The minimum Gasteiger partial charge on any atom is -0.466 e. The summed E-state index contributed by atoms with van der Waals surface area (Å²) in [6.45, 7) is 5.92. The van der Waals surface area contributed by atoms with Gasteiger partial charge in [-0.05, 0) is 25.8 Å². The molecule has 1 unspecified atom stereocenters. The van der Waals surface area contributed by atoms with E-state index in [0.29, 0.717) is 27.8 Å². The fourth-order valence-electron chi connectivity index (χ4n) is 3.38. The molecule has 0 saturated heterocycles. The minimum atomic E-state index is -0.533. The highest BCUT2D eigenvalue weighted by atomic mass is 32.2. The maximum Gasteiger partial charge on any atom is 0.336 e. The van der Waals surface area contributed by atoms with Crippen molar-refractivity contribution in [3.8, 4) is 0 Å². The van der Waals surface area contributed by atoms with Crippen LogP contribution in [0.4, 0.5) is 5.82 Å². The van der Waals surface area contributed by atoms with E-state index in [1.807, 2.05) is 38.1 Å². The van der Waals surface area contributed by atoms with Crippen LogP contribution in [0.15, 0.2) is 45.5 Å². The fourth-order valence-corrected chi connectivity index (χ4v) is 4.32. The van der Waals surface area contributed by atoms with Crippen molar-refractivity contribution >= 4 is 23.5 Å². The Labute approximate surface area is 168 Å². The molecule has 2 heterocycles. The van der Waals surface area contributed by atoms with Crippen molar-refractivity contribution in [2.75, 3.05) is 18.2 Å². The summed E-state index contributed by atoms with van der Waals surface area (Å²) in [5, 5.41) is 3.73. The summed E-state index contributed by atoms with van der Waals surface area (Å²) in [5.41, 5.74) is 3.19. The summed E-state index contributed by atoms with van der Waals surface area (Å²) in [7, 11) is 1.35. The van der Waals surface area contributed by atoms with Gasteiger partial charge < -0.3 is 15.0 Å². The molecule has 6 nitrogen and oxygen atoms in total. The lowest BCUT2D eigenvalue weighted by atomic mass is 9.82. The average Bonchev–Trinajstić information content (AvgIpc) is 2.66. The number of esters is 1. The van der Waals surface area contributed by atoms with Gasteiger partial charge in [0.15, 0.2) is 5.16 Å². The Bertz CT molecular complexity index is 981. The van der Waals surface area contributed by atoms with Crippen LogP contribution >= 0.6 is 11.8 Å². The largest absolute Gasteiger partial charge is 0.466 e. The smallest absolute Gasteiger partial charge is 0.336 e. The monoisotopic (exact) mass is 399 g/mol. The normalized spacial score (nSPS) is 15.8. The predicted octanol–water partition coefficient (Wildman–Crippen LogP) is 3.97. The molecule has 0 fully saturated rings. The van der Waals surface area contributed by atoms with Crippen molar-refractivity contribution in [3.63, 3.8) is 0 Å². The van der Waals surface area contributed by atoms with E-state index in [1.54, 1.807) is 0 Å². The second-order valence-corrected chi connectivity index (χ2v) is 7.92. The Morgan fingerprint density at radius 3 is 2.79 bits per heavy atom. The van der Waals surface area contributed by atoms with E-state index in [-0.39, 0.29) is 5.56 Å². The summed E-state index contributed by atoms with van der Waals surface area (Å²) >= 11 is 1.53. The van der Waals surface area contributed by atoms with Gasteiger partial charge in [-0.2, -0.15) is 0 Å². The Morgan fingerprint density at radius 2 is 2.11 bits per heavy atom. The Hall–Kier alpha value is -2.54. The summed E-state index contributed by atoms with van der Waals surface area (Å²) in [4.78, 5) is 33.1. The number of nitrogens with zero attached hydrogens (tertiary/aromatic N) is 1. The predicted molar refractivity (Wildman–Crippen MR) is 112 cm³/mol. The number of aromatic nitrogens is 2. The van der Waals surface area contributed by atoms with Gasteiger partial charge in [0.25, 0.3) is 5.56 Å². The van der Waals surface area contributed by atoms with Crippen LogP contribution in [0.3, 0.4) is 0 Å². The first-order valence-electron chi connectivity index (χ1n) is 9.36. The summed E-state index contributed by atoms with van der Waals surface area (Å²) in [6.07, 6.45) is 2.14. The van der Waals surface area contributed by atoms with Crippen LogP contribution in [0.1, 0.15) is 49.3 Å². The molecule has 0 saturated carbocycles. The molecule has 3 rings (SSSR count). The molecule has 2 aromatic rings. The number of allylic oxidation sites excluding steroid dienone is 1. The van der Waals surface area contributed by atoms with E-state index in [9.17, 15) is 9.59 Å². The van der Waals surface area contributed by atoms with Gasteiger partial charge in [0.05, 0.1) is 24.2 Å². The summed E-state index contributed by atoms with van der Waals surface area (Å²) in [5.74, 6) is 0.402. The number of fused-ring (bicyclic) bond motifs is 1. The van der Waals surface area contributed by atoms with Crippen LogP contribution in [0.5, 0.6) is 0 Å². The van der Waals surface area contributed by atoms with Crippen LogP contribution in [0, 0.1) is 6.92 Å². The zero-order chi connectivity index (χ0) is 20.3. The molecular formula is C21H25N3O3S. The molecule has 7 heteroatoms. The molecule has 1 atom stereocenters. The molecule has 0 amide bonds. The third kappa shape index (κ3) is 3.99. The van der Waals surface area contributed by atoms with Crippen molar-refractivity contribution < 1.29 is 9.53 Å². The van der Waals surface area contributed by atoms with Gasteiger partial charge >= 0.3 is 5.97 Å². The lowest BCUT2D eigenvalue weighted by Gasteiger charge is -2.28. The van der Waals surface area contributed by atoms with E-state index in [0.717, 1.165) is 29.7 Å².